The topological polar surface area (TPSA) is 75.7 Å². The van der Waals surface area contributed by atoms with Crippen molar-refractivity contribution in [1.29, 1.82) is 0 Å². The Labute approximate surface area is 172 Å². The fraction of sp³-hybridized carbons (Fsp3) is 0.409. The van der Waals surface area contributed by atoms with Gasteiger partial charge in [0, 0.05) is 31.9 Å². The third kappa shape index (κ3) is 5.16. The number of hydrogen-bond donors (Lipinski definition) is 1. The van der Waals surface area contributed by atoms with Gasteiger partial charge in [-0.2, -0.15) is 0 Å². The number of carbonyl (C=O) groups is 1. The number of hydrogen-bond acceptors (Lipinski definition) is 4. The Kier molecular flexibility index (Phi) is 6.92. The lowest BCUT2D eigenvalue weighted by molar-refractivity contribution is 0.0925. The van der Waals surface area contributed by atoms with Crippen LogP contribution in [0.25, 0.3) is 0 Å². The van der Waals surface area contributed by atoms with E-state index in [1.807, 2.05) is 24.3 Å². The number of benzene rings is 2. The summed E-state index contributed by atoms with van der Waals surface area (Å²) in [5.74, 6) is 0.199. The minimum absolute atomic E-state index is 0.127. The highest BCUT2D eigenvalue weighted by molar-refractivity contribution is 7.92. The second-order valence-electron chi connectivity index (χ2n) is 7.56. The van der Waals surface area contributed by atoms with E-state index in [1.54, 1.807) is 12.1 Å². The minimum atomic E-state index is -3.72. The molecule has 1 amide bonds. The molecule has 0 aliphatic carbocycles. The summed E-state index contributed by atoms with van der Waals surface area (Å²) in [6, 6.07) is 13.7. The first kappa shape index (κ1) is 21.3. The number of nitrogens with zero attached hydrogens (tertiary/aromatic N) is 1. The second-order valence-corrected chi connectivity index (χ2v) is 9.42. The maximum atomic E-state index is 13.1. The number of ether oxygens (including phenoxy) is 1. The van der Waals surface area contributed by atoms with Crippen molar-refractivity contribution >= 4 is 21.6 Å². The molecule has 1 aliphatic heterocycles. The molecule has 0 saturated heterocycles. The van der Waals surface area contributed by atoms with E-state index in [0.29, 0.717) is 56.3 Å². The summed E-state index contributed by atoms with van der Waals surface area (Å²) < 4.78 is 33.2. The van der Waals surface area contributed by atoms with E-state index in [2.05, 4.69) is 19.2 Å². The van der Waals surface area contributed by atoms with Gasteiger partial charge < -0.3 is 10.1 Å². The number of anilines is 1. The third-order valence-electron chi connectivity index (χ3n) is 4.73. The predicted molar refractivity (Wildman–Crippen MR) is 114 cm³/mol. The van der Waals surface area contributed by atoms with Crippen LogP contribution in [-0.2, 0) is 21.2 Å². The van der Waals surface area contributed by atoms with E-state index in [9.17, 15) is 13.2 Å². The van der Waals surface area contributed by atoms with Crippen molar-refractivity contribution in [2.24, 2.45) is 5.92 Å². The van der Waals surface area contributed by atoms with Gasteiger partial charge in [0.1, 0.15) is 0 Å². The highest BCUT2D eigenvalue weighted by atomic mass is 32.2. The third-order valence-corrected chi connectivity index (χ3v) is 6.54. The van der Waals surface area contributed by atoms with Crippen LogP contribution < -0.4 is 9.62 Å². The standard InChI is InChI=1S/C22H28N2O4S/c1-17(2)16-28-14-6-12-23-22(25)19-8-5-9-20(15-19)29(26,27)24-13-11-18-7-3-4-10-21(18)24/h3-5,7-10,15,17H,6,11-14,16H2,1-2H3,(H,23,25). The van der Waals surface area contributed by atoms with E-state index in [4.69, 9.17) is 4.74 Å². The fourth-order valence-electron chi connectivity index (χ4n) is 3.28. The molecule has 6 nitrogen and oxygen atoms in total. The number of fused-ring (bicyclic) bond motifs is 1. The summed E-state index contributed by atoms with van der Waals surface area (Å²) in [6.07, 6.45) is 1.40. The quantitative estimate of drug-likeness (QED) is 0.637. The van der Waals surface area contributed by atoms with Crippen molar-refractivity contribution in [3.8, 4) is 0 Å². The van der Waals surface area contributed by atoms with Crippen molar-refractivity contribution in [2.45, 2.75) is 31.6 Å². The van der Waals surface area contributed by atoms with Crippen LogP contribution in [-0.4, -0.2) is 40.6 Å². The SMILES string of the molecule is CC(C)COCCCNC(=O)c1cccc(S(=O)(=O)N2CCc3ccccc32)c1. The van der Waals surface area contributed by atoms with Crippen molar-refractivity contribution in [3.05, 3.63) is 59.7 Å². The first-order chi connectivity index (χ1) is 13.9. The lowest BCUT2D eigenvalue weighted by atomic mass is 10.2. The first-order valence-corrected chi connectivity index (χ1v) is 11.4. The molecule has 0 bridgehead atoms. The molecule has 0 fully saturated rings. The molecular formula is C22H28N2O4S. The number of para-hydroxylation sites is 1. The van der Waals surface area contributed by atoms with Gasteiger partial charge in [-0.3, -0.25) is 9.10 Å². The van der Waals surface area contributed by atoms with E-state index in [1.165, 1.54) is 16.4 Å². The molecule has 0 radical (unpaired) electrons. The molecule has 0 unspecified atom stereocenters. The summed E-state index contributed by atoms with van der Waals surface area (Å²) in [7, 11) is -3.72. The van der Waals surface area contributed by atoms with E-state index in [-0.39, 0.29) is 10.8 Å². The van der Waals surface area contributed by atoms with Gasteiger partial charge in [-0.05, 0) is 48.6 Å². The van der Waals surface area contributed by atoms with Crippen LogP contribution in [0.1, 0.15) is 36.2 Å². The summed E-state index contributed by atoms with van der Waals surface area (Å²) in [5, 5.41) is 2.82. The highest BCUT2D eigenvalue weighted by Crippen LogP contribution is 2.32. The number of rotatable bonds is 9. The summed E-state index contributed by atoms with van der Waals surface area (Å²) in [6.45, 7) is 6.35. The van der Waals surface area contributed by atoms with Crippen molar-refractivity contribution in [3.63, 3.8) is 0 Å². The average molecular weight is 417 g/mol. The Bertz CT molecular complexity index is 957. The second kappa shape index (κ2) is 9.41. The number of nitrogens with one attached hydrogen (secondary N) is 1. The summed E-state index contributed by atoms with van der Waals surface area (Å²) >= 11 is 0. The largest absolute Gasteiger partial charge is 0.381 e. The molecule has 3 rings (SSSR count). The van der Waals surface area contributed by atoms with Crippen LogP contribution >= 0.6 is 0 Å². The Morgan fingerprint density at radius 3 is 2.76 bits per heavy atom. The van der Waals surface area contributed by atoms with Gasteiger partial charge in [0.05, 0.1) is 10.6 Å². The van der Waals surface area contributed by atoms with Crippen molar-refractivity contribution in [1.82, 2.24) is 5.32 Å². The molecular weight excluding hydrogens is 388 g/mol. The molecule has 29 heavy (non-hydrogen) atoms. The zero-order valence-electron chi connectivity index (χ0n) is 16.9. The van der Waals surface area contributed by atoms with Crippen LogP contribution in [0.4, 0.5) is 5.69 Å². The zero-order chi connectivity index (χ0) is 20.9. The smallest absolute Gasteiger partial charge is 0.264 e. The van der Waals surface area contributed by atoms with Gasteiger partial charge in [0.2, 0.25) is 0 Å². The van der Waals surface area contributed by atoms with E-state index >= 15 is 0 Å². The molecule has 0 saturated carbocycles. The van der Waals surface area contributed by atoms with Gasteiger partial charge in [-0.15, -0.1) is 0 Å². The van der Waals surface area contributed by atoms with E-state index < -0.39 is 10.0 Å². The van der Waals surface area contributed by atoms with Crippen LogP contribution in [0.5, 0.6) is 0 Å². The lowest BCUT2D eigenvalue weighted by Crippen LogP contribution is -2.30. The monoisotopic (exact) mass is 416 g/mol. The van der Waals surface area contributed by atoms with Crippen LogP contribution in [0.3, 0.4) is 0 Å². The Hall–Kier alpha value is -2.38. The molecule has 0 atom stereocenters. The van der Waals surface area contributed by atoms with E-state index in [0.717, 1.165) is 5.56 Å². The van der Waals surface area contributed by atoms with Gasteiger partial charge in [0.25, 0.3) is 15.9 Å². The zero-order valence-corrected chi connectivity index (χ0v) is 17.7. The van der Waals surface area contributed by atoms with Crippen LogP contribution in [0.15, 0.2) is 53.4 Å². The predicted octanol–water partition coefficient (Wildman–Crippen LogP) is 3.23. The molecule has 1 aliphatic rings. The number of carbonyl (C=O) groups excluding carboxylic acids is 1. The normalized spacial score (nSPS) is 13.6. The molecule has 1 heterocycles. The van der Waals surface area contributed by atoms with Crippen molar-refractivity contribution < 1.29 is 17.9 Å². The van der Waals surface area contributed by atoms with Gasteiger partial charge in [-0.25, -0.2) is 8.42 Å². The summed E-state index contributed by atoms with van der Waals surface area (Å²) in [4.78, 5) is 12.6. The molecule has 156 valence electrons. The fourth-order valence-corrected chi connectivity index (χ4v) is 4.83. The minimum Gasteiger partial charge on any atom is -0.381 e. The van der Waals surface area contributed by atoms with Gasteiger partial charge in [-0.1, -0.05) is 38.1 Å². The maximum Gasteiger partial charge on any atom is 0.264 e. The Morgan fingerprint density at radius 2 is 1.97 bits per heavy atom. The molecule has 0 spiro atoms. The van der Waals surface area contributed by atoms with Gasteiger partial charge >= 0.3 is 0 Å². The first-order valence-electron chi connectivity index (χ1n) is 9.96. The Balaban J connectivity index is 1.64. The highest BCUT2D eigenvalue weighted by Gasteiger charge is 2.30. The molecule has 0 aromatic heterocycles. The molecule has 7 heteroatoms. The Morgan fingerprint density at radius 1 is 1.17 bits per heavy atom. The number of amides is 1. The lowest BCUT2D eigenvalue weighted by Gasteiger charge is -2.20. The maximum absolute atomic E-state index is 13.1. The van der Waals surface area contributed by atoms with Gasteiger partial charge in [0.15, 0.2) is 0 Å². The van der Waals surface area contributed by atoms with Crippen LogP contribution in [0.2, 0.25) is 0 Å². The van der Waals surface area contributed by atoms with Crippen molar-refractivity contribution in [2.75, 3.05) is 30.6 Å². The molecule has 2 aromatic carbocycles. The average Bonchev–Trinajstić information content (AvgIpc) is 3.15. The van der Waals surface area contributed by atoms with Crippen LogP contribution in [0, 0.1) is 5.92 Å². The molecule has 1 N–H and O–H groups in total. The number of sulfonamides is 1. The summed E-state index contributed by atoms with van der Waals surface area (Å²) in [5.41, 5.74) is 2.06. The molecule has 2 aromatic rings.